The number of halogens is 1. The molecule has 0 aromatic heterocycles. The summed E-state index contributed by atoms with van der Waals surface area (Å²) >= 11 is 0. The van der Waals surface area contributed by atoms with Crippen LogP contribution in [-0.2, 0) is 20.7 Å². The quantitative estimate of drug-likeness (QED) is 0.598. The van der Waals surface area contributed by atoms with Crippen LogP contribution in [0.1, 0.15) is 19.4 Å². The van der Waals surface area contributed by atoms with Gasteiger partial charge >= 0.3 is 5.97 Å². The Morgan fingerprint density at radius 2 is 2.18 bits per heavy atom. The number of methoxy groups -OCH3 is 1. The number of benzene rings is 1. The summed E-state index contributed by atoms with van der Waals surface area (Å²) in [6, 6.07) is 6.29. The molecule has 0 amide bonds. The Morgan fingerprint density at radius 1 is 1.47 bits per heavy atom. The van der Waals surface area contributed by atoms with Crippen LogP contribution in [0.15, 0.2) is 24.3 Å². The summed E-state index contributed by atoms with van der Waals surface area (Å²) in [6.07, 6.45) is 0.482. The zero-order valence-corrected chi connectivity index (χ0v) is 10.1. The van der Waals surface area contributed by atoms with Crippen LogP contribution < -0.4 is 0 Å². The maximum atomic E-state index is 13.0. The zero-order chi connectivity index (χ0) is 12.7. The third-order valence-electron chi connectivity index (χ3n) is 3.40. The number of carbonyl (C=O) groups is 1. The van der Waals surface area contributed by atoms with E-state index in [1.165, 1.54) is 19.2 Å². The van der Waals surface area contributed by atoms with E-state index in [2.05, 4.69) is 0 Å². The Kier molecular flexibility index (Phi) is 2.70. The van der Waals surface area contributed by atoms with Gasteiger partial charge in [0, 0.05) is 6.42 Å². The fourth-order valence-electron chi connectivity index (χ4n) is 2.12. The Morgan fingerprint density at radius 3 is 2.76 bits per heavy atom. The van der Waals surface area contributed by atoms with Crippen LogP contribution in [0.4, 0.5) is 4.39 Å². The molecule has 0 bridgehead atoms. The number of hydrogen-bond donors (Lipinski definition) is 0. The van der Waals surface area contributed by atoms with Crippen molar-refractivity contribution in [2.75, 3.05) is 7.11 Å². The maximum absolute atomic E-state index is 13.0. The van der Waals surface area contributed by atoms with E-state index in [1.54, 1.807) is 13.0 Å². The minimum atomic E-state index is -0.923. The van der Waals surface area contributed by atoms with Crippen molar-refractivity contribution in [2.24, 2.45) is 0 Å². The molecule has 0 N–H and O–H groups in total. The lowest BCUT2D eigenvalue weighted by Gasteiger charge is -2.10. The molecular weight excluding hydrogens is 223 g/mol. The lowest BCUT2D eigenvalue weighted by atomic mass is 9.90. The summed E-state index contributed by atoms with van der Waals surface area (Å²) in [5.41, 5.74) is -0.734. The lowest BCUT2D eigenvalue weighted by Crippen LogP contribution is -2.32. The molecule has 3 nitrogen and oxygen atoms in total. The van der Waals surface area contributed by atoms with Gasteiger partial charge in [0.1, 0.15) is 11.4 Å². The SMILES string of the molecule is COC(=O)C1(C)OC1(C)Cc1cccc(F)c1. The first-order chi connectivity index (χ1) is 7.91. The van der Waals surface area contributed by atoms with Gasteiger partial charge in [0.25, 0.3) is 0 Å². The minimum Gasteiger partial charge on any atom is -0.467 e. The normalized spacial score (nSPS) is 31.1. The molecule has 1 aromatic carbocycles. The van der Waals surface area contributed by atoms with Gasteiger partial charge < -0.3 is 9.47 Å². The van der Waals surface area contributed by atoms with Crippen molar-refractivity contribution < 1.29 is 18.7 Å². The molecule has 2 unspecified atom stereocenters. The number of ether oxygens (including phenoxy) is 2. The highest BCUT2D eigenvalue weighted by Gasteiger charge is 2.69. The van der Waals surface area contributed by atoms with E-state index in [1.807, 2.05) is 13.0 Å². The van der Waals surface area contributed by atoms with Gasteiger partial charge in [0.2, 0.25) is 0 Å². The number of hydrogen-bond acceptors (Lipinski definition) is 3. The monoisotopic (exact) mass is 238 g/mol. The molecule has 1 aliphatic rings. The van der Waals surface area contributed by atoms with E-state index < -0.39 is 17.2 Å². The van der Waals surface area contributed by atoms with Crippen molar-refractivity contribution >= 4 is 5.97 Å². The molecule has 0 spiro atoms. The van der Waals surface area contributed by atoms with E-state index in [9.17, 15) is 9.18 Å². The average Bonchev–Trinajstić information content (AvgIpc) is 2.81. The highest BCUT2D eigenvalue weighted by Crippen LogP contribution is 2.50. The first kappa shape index (κ1) is 12.0. The summed E-state index contributed by atoms with van der Waals surface area (Å²) in [6.45, 7) is 3.52. The van der Waals surface area contributed by atoms with Gasteiger partial charge in [-0.2, -0.15) is 0 Å². The predicted molar refractivity (Wildman–Crippen MR) is 60.0 cm³/mol. The first-order valence-electron chi connectivity index (χ1n) is 5.44. The molecule has 1 aliphatic heterocycles. The van der Waals surface area contributed by atoms with Gasteiger partial charge in [-0.15, -0.1) is 0 Å². The standard InChI is InChI=1S/C13H15FO3/c1-12(13(2,17-12)11(15)16-3)8-9-5-4-6-10(14)7-9/h4-7H,8H2,1-3H3. The van der Waals surface area contributed by atoms with Gasteiger partial charge in [-0.05, 0) is 31.5 Å². The molecule has 1 aromatic rings. The molecule has 92 valence electrons. The first-order valence-corrected chi connectivity index (χ1v) is 5.44. The molecule has 4 heteroatoms. The minimum absolute atomic E-state index is 0.286. The zero-order valence-electron chi connectivity index (χ0n) is 10.1. The number of esters is 1. The Bertz CT molecular complexity index is 460. The number of carbonyl (C=O) groups excluding carboxylic acids is 1. The third kappa shape index (κ3) is 1.93. The van der Waals surface area contributed by atoms with Crippen molar-refractivity contribution in [2.45, 2.75) is 31.5 Å². The van der Waals surface area contributed by atoms with Crippen molar-refractivity contribution in [3.63, 3.8) is 0 Å². The van der Waals surface area contributed by atoms with Crippen LogP contribution in [0, 0.1) is 5.82 Å². The van der Waals surface area contributed by atoms with Crippen molar-refractivity contribution in [3.05, 3.63) is 35.6 Å². The summed E-state index contributed by atoms with van der Waals surface area (Å²) in [5.74, 6) is -0.678. The third-order valence-corrected chi connectivity index (χ3v) is 3.40. The number of rotatable bonds is 3. The van der Waals surface area contributed by atoms with E-state index in [0.29, 0.717) is 6.42 Å². The Hall–Kier alpha value is -1.42. The summed E-state index contributed by atoms with van der Waals surface area (Å²) < 4.78 is 23.2. The molecule has 0 aliphatic carbocycles. The van der Waals surface area contributed by atoms with Crippen molar-refractivity contribution in [3.8, 4) is 0 Å². The fraction of sp³-hybridized carbons (Fsp3) is 0.462. The second-order valence-electron chi connectivity index (χ2n) is 4.66. The van der Waals surface area contributed by atoms with Gasteiger partial charge in [-0.1, -0.05) is 12.1 Å². The lowest BCUT2D eigenvalue weighted by molar-refractivity contribution is -0.146. The van der Waals surface area contributed by atoms with Crippen LogP contribution >= 0.6 is 0 Å². The van der Waals surface area contributed by atoms with Gasteiger partial charge in [0.15, 0.2) is 5.60 Å². The molecule has 1 fully saturated rings. The van der Waals surface area contributed by atoms with E-state index in [-0.39, 0.29) is 5.82 Å². The topological polar surface area (TPSA) is 38.8 Å². The Labute approximate surface area is 99.5 Å². The second kappa shape index (κ2) is 3.81. The molecule has 2 atom stereocenters. The summed E-state index contributed by atoms with van der Waals surface area (Å²) in [5, 5.41) is 0. The maximum Gasteiger partial charge on any atom is 0.340 e. The van der Waals surface area contributed by atoms with Gasteiger partial charge in [-0.3, -0.25) is 0 Å². The van der Waals surface area contributed by atoms with E-state index in [0.717, 1.165) is 5.56 Å². The van der Waals surface area contributed by atoms with Gasteiger partial charge in [-0.25, -0.2) is 9.18 Å². The van der Waals surface area contributed by atoms with Crippen molar-refractivity contribution in [1.82, 2.24) is 0 Å². The summed E-state index contributed by atoms with van der Waals surface area (Å²) in [7, 11) is 1.33. The smallest absolute Gasteiger partial charge is 0.340 e. The van der Waals surface area contributed by atoms with Crippen LogP contribution in [-0.4, -0.2) is 24.3 Å². The van der Waals surface area contributed by atoms with Crippen LogP contribution in [0.2, 0.25) is 0 Å². The van der Waals surface area contributed by atoms with Gasteiger partial charge in [0.05, 0.1) is 7.11 Å². The molecule has 2 rings (SSSR count). The molecule has 1 saturated heterocycles. The van der Waals surface area contributed by atoms with E-state index >= 15 is 0 Å². The Balaban J connectivity index is 2.14. The van der Waals surface area contributed by atoms with Crippen molar-refractivity contribution in [1.29, 1.82) is 0 Å². The predicted octanol–water partition coefficient (Wildman–Crippen LogP) is 2.09. The summed E-state index contributed by atoms with van der Waals surface area (Å²) in [4.78, 5) is 11.5. The van der Waals surface area contributed by atoms with Crippen LogP contribution in [0.25, 0.3) is 0 Å². The molecular formula is C13H15FO3. The number of epoxide rings is 1. The molecule has 1 heterocycles. The van der Waals surface area contributed by atoms with E-state index in [4.69, 9.17) is 9.47 Å². The van der Waals surface area contributed by atoms with Crippen LogP contribution in [0.3, 0.4) is 0 Å². The largest absolute Gasteiger partial charge is 0.467 e. The molecule has 0 radical (unpaired) electrons. The fourth-order valence-corrected chi connectivity index (χ4v) is 2.12. The average molecular weight is 238 g/mol. The molecule has 17 heavy (non-hydrogen) atoms. The molecule has 0 saturated carbocycles. The highest BCUT2D eigenvalue weighted by atomic mass is 19.1. The van der Waals surface area contributed by atoms with Crippen LogP contribution in [0.5, 0.6) is 0 Å². The second-order valence-corrected chi connectivity index (χ2v) is 4.66. The highest BCUT2D eigenvalue weighted by molar-refractivity contribution is 5.84.